The number of methoxy groups -OCH3 is 2. The number of ether oxygens (including phenoxy) is 2. The smallest absolute Gasteiger partial charge is 0.339 e. The molecule has 3 heterocycles. The Labute approximate surface area is 215 Å². The van der Waals surface area contributed by atoms with Gasteiger partial charge in [0.2, 0.25) is 0 Å². The summed E-state index contributed by atoms with van der Waals surface area (Å²) in [6, 6.07) is 17.9. The van der Waals surface area contributed by atoms with Crippen molar-refractivity contribution >= 4 is 21.0 Å². The van der Waals surface area contributed by atoms with E-state index in [4.69, 9.17) is 13.7 Å². The molecule has 0 radical (unpaired) electrons. The van der Waals surface area contributed by atoms with Gasteiger partial charge < -0.3 is 23.3 Å². The van der Waals surface area contributed by atoms with E-state index in [1.807, 2.05) is 34.9 Å². The molecule has 4 aromatic rings. The molecule has 2 aliphatic heterocycles. The Morgan fingerprint density at radius 2 is 1.81 bits per heavy atom. The van der Waals surface area contributed by atoms with E-state index in [0.29, 0.717) is 12.3 Å². The molecule has 0 aliphatic carbocycles. The Balaban J connectivity index is 1.40. The molecule has 9 heteroatoms. The number of aromatic nitrogens is 1. The molecule has 0 saturated heterocycles. The third kappa shape index (κ3) is 3.94. The lowest BCUT2D eigenvalue weighted by atomic mass is 9.85. The van der Waals surface area contributed by atoms with Gasteiger partial charge in [0.15, 0.2) is 11.5 Å². The molecule has 0 fully saturated rings. The average Bonchev–Trinajstić information content (AvgIpc) is 3.23. The van der Waals surface area contributed by atoms with Gasteiger partial charge in [-0.15, -0.1) is 0 Å². The van der Waals surface area contributed by atoms with Crippen LogP contribution in [-0.4, -0.2) is 43.8 Å². The van der Waals surface area contributed by atoms with Gasteiger partial charge >= 0.3 is 10.1 Å². The highest BCUT2D eigenvalue weighted by atomic mass is 32.2. The van der Waals surface area contributed by atoms with E-state index in [0.717, 1.165) is 52.9 Å². The van der Waals surface area contributed by atoms with Crippen molar-refractivity contribution in [1.29, 1.82) is 0 Å². The van der Waals surface area contributed by atoms with Crippen LogP contribution in [0.3, 0.4) is 0 Å². The highest BCUT2D eigenvalue weighted by molar-refractivity contribution is 7.87. The Bertz CT molecular complexity index is 1600. The Kier molecular flexibility index (Phi) is 5.86. The maximum atomic E-state index is 12.9. The molecule has 37 heavy (non-hydrogen) atoms. The molecule has 0 saturated carbocycles. The second kappa shape index (κ2) is 9.09. The molecule has 1 N–H and O–H groups in total. The largest absolute Gasteiger partial charge is 0.497 e. The first-order chi connectivity index (χ1) is 17.9. The summed E-state index contributed by atoms with van der Waals surface area (Å²) in [4.78, 5) is 2.50. The van der Waals surface area contributed by atoms with Crippen LogP contribution in [-0.2, 0) is 36.2 Å². The molecule has 192 valence electrons. The van der Waals surface area contributed by atoms with Crippen LogP contribution in [0.1, 0.15) is 28.4 Å². The predicted molar refractivity (Wildman–Crippen MR) is 139 cm³/mol. The lowest BCUT2D eigenvalue weighted by Crippen LogP contribution is -2.39. The van der Waals surface area contributed by atoms with Crippen LogP contribution in [0.2, 0.25) is 0 Å². The average molecular weight is 521 g/mol. The summed E-state index contributed by atoms with van der Waals surface area (Å²) in [7, 11) is -0.825. The first-order valence-corrected chi connectivity index (χ1v) is 13.6. The number of nitrogens with zero attached hydrogens (tertiary/aromatic N) is 2. The third-order valence-electron chi connectivity index (χ3n) is 7.51. The summed E-state index contributed by atoms with van der Waals surface area (Å²) in [5, 5.41) is 11.2. The van der Waals surface area contributed by atoms with E-state index < -0.39 is 10.1 Å². The van der Waals surface area contributed by atoms with E-state index in [1.165, 1.54) is 24.8 Å². The molecular formula is C28H28N2O6S. The Morgan fingerprint density at radius 3 is 2.54 bits per heavy atom. The van der Waals surface area contributed by atoms with Crippen LogP contribution in [0.5, 0.6) is 17.2 Å². The van der Waals surface area contributed by atoms with Crippen molar-refractivity contribution in [1.82, 2.24) is 9.47 Å². The van der Waals surface area contributed by atoms with Gasteiger partial charge in [-0.25, -0.2) is 0 Å². The van der Waals surface area contributed by atoms with Crippen LogP contribution in [0.25, 0.3) is 10.9 Å². The molecule has 1 aromatic heterocycles. The van der Waals surface area contributed by atoms with Gasteiger partial charge in [0, 0.05) is 30.2 Å². The van der Waals surface area contributed by atoms with Gasteiger partial charge in [-0.2, -0.15) is 8.42 Å². The van der Waals surface area contributed by atoms with E-state index in [9.17, 15) is 13.5 Å². The minimum atomic E-state index is -4.00. The van der Waals surface area contributed by atoms with Crippen molar-refractivity contribution < 1.29 is 27.2 Å². The first-order valence-electron chi connectivity index (χ1n) is 12.2. The standard InChI is InChI=1S/C28H28N2O6S/c1-34-19-8-9-24-22(13-19)23-14-25-21-15-27(35-2)28(36-37(32,33)20-6-4-3-5-7-20)12-18(21)10-11-29(25)16-26(23)30(24)17-31/h3-9,12-13,15,25,31H,10-11,14,16-17H2,1-2H3. The molecule has 1 atom stereocenters. The summed E-state index contributed by atoms with van der Waals surface area (Å²) in [6.45, 7) is 1.43. The number of rotatable bonds is 6. The fourth-order valence-electron chi connectivity index (χ4n) is 5.71. The Morgan fingerprint density at radius 1 is 1.00 bits per heavy atom. The maximum absolute atomic E-state index is 12.9. The van der Waals surface area contributed by atoms with Crippen LogP contribution in [0.15, 0.2) is 65.6 Å². The van der Waals surface area contributed by atoms with Crippen LogP contribution < -0.4 is 13.7 Å². The summed E-state index contributed by atoms with van der Waals surface area (Å²) in [5.74, 6) is 1.35. The van der Waals surface area contributed by atoms with E-state index in [-0.39, 0.29) is 23.4 Å². The number of aliphatic hydroxyl groups is 1. The minimum Gasteiger partial charge on any atom is -0.497 e. The monoisotopic (exact) mass is 520 g/mol. The normalized spacial score (nSPS) is 17.1. The first kappa shape index (κ1) is 23.8. The lowest BCUT2D eigenvalue weighted by molar-refractivity contribution is 0.145. The second-order valence-electron chi connectivity index (χ2n) is 9.37. The van der Waals surface area contributed by atoms with E-state index in [1.54, 1.807) is 25.3 Å². The number of hydrogen-bond donors (Lipinski definition) is 1. The summed E-state index contributed by atoms with van der Waals surface area (Å²) in [5.41, 5.74) is 5.45. The molecule has 2 aliphatic rings. The van der Waals surface area contributed by atoms with Crippen LogP contribution >= 0.6 is 0 Å². The fraction of sp³-hybridized carbons (Fsp3) is 0.286. The van der Waals surface area contributed by atoms with Crippen molar-refractivity contribution in [3.63, 3.8) is 0 Å². The summed E-state index contributed by atoms with van der Waals surface area (Å²) >= 11 is 0. The Hall–Kier alpha value is -3.53. The van der Waals surface area contributed by atoms with Crippen LogP contribution in [0.4, 0.5) is 0 Å². The molecule has 0 spiro atoms. The summed E-state index contributed by atoms with van der Waals surface area (Å²) in [6.07, 6.45) is 1.50. The number of fused-ring (bicyclic) bond motifs is 6. The van der Waals surface area contributed by atoms with Gasteiger partial charge in [-0.05, 0) is 72.0 Å². The molecular weight excluding hydrogens is 492 g/mol. The van der Waals surface area contributed by atoms with Crippen molar-refractivity contribution in [2.45, 2.75) is 37.1 Å². The SMILES string of the molecule is COc1ccc2c(c1)c1c(n2CO)CN2CCc3cc(OS(=O)(=O)c4ccccc4)c(OC)cc3C2C1. The van der Waals surface area contributed by atoms with Gasteiger partial charge in [-0.1, -0.05) is 18.2 Å². The van der Waals surface area contributed by atoms with Crippen molar-refractivity contribution in [3.8, 4) is 17.2 Å². The molecule has 8 nitrogen and oxygen atoms in total. The quantitative estimate of drug-likeness (QED) is 0.384. The van der Waals surface area contributed by atoms with Crippen molar-refractivity contribution in [2.24, 2.45) is 0 Å². The topological polar surface area (TPSA) is 90.2 Å². The van der Waals surface area contributed by atoms with E-state index in [2.05, 4.69) is 4.90 Å². The van der Waals surface area contributed by atoms with Crippen molar-refractivity contribution in [3.05, 3.63) is 83.0 Å². The van der Waals surface area contributed by atoms with Gasteiger partial charge in [-0.3, -0.25) is 4.90 Å². The minimum absolute atomic E-state index is 0.0856. The van der Waals surface area contributed by atoms with Crippen LogP contribution in [0, 0.1) is 0 Å². The number of aliphatic hydroxyl groups excluding tert-OH is 1. The molecule has 0 amide bonds. The lowest BCUT2D eigenvalue weighted by Gasteiger charge is -2.41. The predicted octanol–water partition coefficient (Wildman–Crippen LogP) is 4.03. The van der Waals surface area contributed by atoms with Gasteiger partial charge in [0.25, 0.3) is 0 Å². The van der Waals surface area contributed by atoms with Gasteiger partial charge in [0.05, 0.1) is 19.7 Å². The highest BCUT2D eigenvalue weighted by Gasteiger charge is 2.36. The summed E-state index contributed by atoms with van der Waals surface area (Å²) < 4.78 is 44.4. The number of hydrogen-bond acceptors (Lipinski definition) is 7. The fourth-order valence-corrected chi connectivity index (χ4v) is 6.66. The molecule has 1 unspecified atom stereocenters. The maximum Gasteiger partial charge on any atom is 0.339 e. The van der Waals surface area contributed by atoms with Crippen molar-refractivity contribution in [2.75, 3.05) is 20.8 Å². The molecule has 3 aromatic carbocycles. The second-order valence-corrected chi connectivity index (χ2v) is 10.9. The molecule has 6 rings (SSSR count). The third-order valence-corrected chi connectivity index (χ3v) is 8.76. The molecule has 0 bridgehead atoms. The number of benzene rings is 3. The zero-order valence-corrected chi connectivity index (χ0v) is 21.5. The zero-order chi connectivity index (χ0) is 25.7. The van der Waals surface area contributed by atoms with Gasteiger partial charge in [0.1, 0.15) is 17.4 Å². The highest BCUT2D eigenvalue weighted by Crippen LogP contribution is 2.45. The van der Waals surface area contributed by atoms with E-state index >= 15 is 0 Å². The zero-order valence-electron chi connectivity index (χ0n) is 20.7.